The van der Waals surface area contributed by atoms with Crippen molar-refractivity contribution >= 4 is 0 Å². The van der Waals surface area contributed by atoms with Gasteiger partial charge in [0, 0.05) is 12.0 Å². The van der Waals surface area contributed by atoms with Crippen LogP contribution in [0.15, 0.2) is 4.52 Å². The second-order valence-corrected chi connectivity index (χ2v) is 6.23. The predicted octanol–water partition coefficient (Wildman–Crippen LogP) is 3.49. The van der Waals surface area contributed by atoms with Crippen LogP contribution in [0.25, 0.3) is 0 Å². The van der Waals surface area contributed by atoms with Crippen LogP contribution < -0.4 is 5.73 Å². The van der Waals surface area contributed by atoms with Crippen molar-refractivity contribution in [3.63, 3.8) is 0 Å². The van der Waals surface area contributed by atoms with E-state index in [0.717, 1.165) is 24.6 Å². The maximum absolute atomic E-state index is 6.20. The minimum atomic E-state index is 0.205. The van der Waals surface area contributed by atoms with Crippen LogP contribution >= 0.6 is 0 Å². The van der Waals surface area contributed by atoms with E-state index < -0.39 is 0 Å². The topological polar surface area (TPSA) is 64.9 Å². The maximum atomic E-state index is 6.20. The van der Waals surface area contributed by atoms with E-state index in [9.17, 15) is 0 Å². The lowest BCUT2D eigenvalue weighted by Gasteiger charge is -2.25. The Balaban J connectivity index is 1.71. The summed E-state index contributed by atoms with van der Waals surface area (Å²) in [6.45, 7) is 0. The van der Waals surface area contributed by atoms with Crippen molar-refractivity contribution < 1.29 is 4.52 Å². The van der Waals surface area contributed by atoms with E-state index in [0.29, 0.717) is 11.8 Å². The molecule has 2 aliphatic carbocycles. The van der Waals surface area contributed by atoms with Gasteiger partial charge in [0.2, 0.25) is 5.89 Å². The molecule has 2 unspecified atom stereocenters. The summed E-state index contributed by atoms with van der Waals surface area (Å²) >= 11 is 0. The van der Waals surface area contributed by atoms with E-state index in [4.69, 9.17) is 15.2 Å². The summed E-state index contributed by atoms with van der Waals surface area (Å²) in [6.07, 6.45) is 12.4. The minimum Gasteiger partial charge on any atom is -0.339 e. The number of hydrogen-bond acceptors (Lipinski definition) is 4. The van der Waals surface area contributed by atoms with Crippen molar-refractivity contribution in [3.8, 4) is 0 Å². The molecule has 2 atom stereocenters. The first-order chi connectivity index (χ1) is 9.34. The highest BCUT2D eigenvalue weighted by atomic mass is 16.5. The van der Waals surface area contributed by atoms with E-state index in [1.54, 1.807) is 0 Å². The van der Waals surface area contributed by atoms with Gasteiger partial charge in [-0.15, -0.1) is 0 Å². The predicted molar refractivity (Wildman–Crippen MR) is 73.9 cm³/mol. The summed E-state index contributed by atoms with van der Waals surface area (Å²) in [7, 11) is 0. The second-order valence-electron chi connectivity index (χ2n) is 6.23. The number of aromatic nitrogens is 2. The smallest absolute Gasteiger partial charge is 0.231 e. The van der Waals surface area contributed by atoms with Gasteiger partial charge >= 0.3 is 0 Å². The molecule has 0 spiro atoms. The minimum absolute atomic E-state index is 0.205. The Morgan fingerprint density at radius 3 is 2.32 bits per heavy atom. The molecule has 0 bridgehead atoms. The Hall–Kier alpha value is -0.900. The molecule has 4 nitrogen and oxygen atoms in total. The van der Waals surface area contributed by atoms with Gasteiger partial charge in [0.15, 0.2) is 5.82 Å². The van der Waals surface area contributed by atoms with Gasteiger partial charge in [-0.05, 0) is 25.7 Å². The third-order valence-electron chi connectivity index (χ3n) is 4.81. The molecule has 2 N–H and O–H groups in total. The van der Waals surface area contributed by atoms with Gasteiger partial charge in [-0.3, -0.25) is 0 Å². The molecule has 2 aliphatic rings. The number of hydrogen-bond donors (Lipinski definition) is 1. The van der Waals surface area contributed by atoms with Crippen LogP contribution in [0, 0.1) is 0 Å². The van der Waals surface area contributed by atoms with Gasteiger partial charge in [0.05, 0.1) is 5.92 Å². The standard InChI is InChI=1S/C15H25N3O/c16-13-10-6-5-9-12(13)15-17-14(18-19-15)11-7-3-1-2-4-8-11/h11-13H,1-10,16H2. The van der Waals surface area contributed by atoms with Crippen molar-refractivity contribution in [1.82, 2.24) is 10.1 Å². The maximum Gasteiger partial charge on any atom is 0.231 e. The molecule has 106 valence electrons. The molecule has 1 aromatic heterocycles. The molecule has 1 heterocycles. The number of rotatable bonds is 2. The van der Waals surface area contributed by atoms with Crippen LogP contribution in [0.4, 0.5) is 0 Å². The second kappa shape index (κ2) is 6.04. The third kappa shape index (κ3) is 2.99. The summed E-state index contributed by atoms with van der Waals surface area (Å²) in [4.78, 5) is 4.69. The molecule has 0 amide bonds. The Bertz CT molecular complexity index is 396. The Kier molecular flexibility index (Phi) is 4.16. The van der Waals surface area contributed by atoms with Crippen LogP contribution in [-0.4, -0.2) is 16.2 Å². The van der Waals surface area contributed by atoms with Crippen LogP contribution in [0.5, 0.6) is 0 Å². The quantitative estimate of drug-likeness (QED) is 0.829. The van der Waals surface area contributed by atoms with Crippen molar-refractivity contribution in [2.24, 2.45) is 5.73 Å². The van der Waals surface area contributed by atoms with Crippen molar-refractivity contribution in [2.75, 3.05) is 0 Å². The lowest BCUT2D eigenvalue weighted by molar-refractivity contribution is 0.288. The van der Waals surface area contributed by atoms with Gasteiger partial charge in [0.25, 0.3) is 0 Å². The van der Waals surface area contributed by atoms with Gasteiger partial charge < -0.3 is 10.3 Å². The summed E-state index contributed by atoms with van der Waals surface area (Å²) in [5.74, 6) is 2.54. The zero-order chi connectivity index (χ0) is 13.1. The SMILES string of the molecule is NC1CCCCC1c1nc(C2CCCCCC2)no1. The zero-order valence-electron chi connectivity index (χ0n) is 11.7. The first-order valence-electron chi connectivity index (χ1n) is 7.93. The summed E-state index contributed by atoms with van der Waals surface area (Å²) in [6, 6.07) is 0.205. The molecule has 3 rings (SSSR count). The van der Waals surface area contributed by atoms with Crippen molar-refractivity contribution in [2.45, 2.75) is 82.1 Å². The molecule has 0 saturated heterocycles. The van der Waals surface area contributed by atoms with Crippen LogP contribution in [0.3, 0.4) is 0 Å². The fraction of sp³-hybridized carbons (Fsp3) is 0.867. The summed E-state index contributed by atoms with van der Waals surface area (Å²) in [5.41, 5.74) is 6.20. The largest absolute Gasteiger partial charge is 0.339 e. The molecule has 2 saturated carbocycles. The molecule has 0 aliphatic heterocycles. The molecule has 0 radical (unpaired) electrons. The van der Waals surface area contributed by atoms with Crippen LogP contribution in [-0.2, 0) is 0 Å². The van der Waals surface area contributed by atoms with E-state index >= 15 is 0 Å². The third-order valence-corrected chi connectivity index (χ3v) is 4.81. The monoisotopic (exact) mass is 263 g/mol. The number of nitrogens with zero attached hydrogens (tertiary/aromatic N) is 2. The molecule has 0 aromatic carbocycles. The summed E-state index contributed by atoms with van der Waals surface area (Å²) < 4.78 is 5.53. The van der Waals surface area contributed by atoms with Crippen LogP contribution in [0.1, 0.15) is 87.8 Å². The molecular formula is C15H25N3O. The average molecular weight is 263 g/mol. The fourth-order valence-electron chi connectivity index (χ4n) is 3.57. The Morgan fingerprint density at radius 2 is 1.58 bits per heavy atom. The molecule has 2 fully saturated rings. The summed E-state index contributed by atoms with van der Waals surface area (Å²) in [5, 5.41) is 4.25. The van der Waals surface area contributed by atoms with Gasteiger partial charge in [0.1, 0.15) is 0 Å². The highest BCUT2D eigenvalue weighted by Crippen LogP contribution is 2.34. The van der Waals surface area contributed by atoms with E-state index in [2.05, 4.69) is 5.16 Å². The first-order valence-corrected chi connectivity index (χ1v) is 7.93. The van der Waals surface area contributed by atoms with Gasteiger partial charge in [-0.2, -0.15) is 4.98 Å². The lowest BCUT2D eigenvalue weighted by atomic mass is 9.85. The molecule has 1 aromatic rings. The molecule has 4 heteroatoms. The Morgan fingerprint density at radius 1 is 0.895 bits per heavy atom. The van der Waals surface area contributed by atoms with E-state index in [1.807, 2.05) is 0 Å². The first kappa shape index (κ1) is 13.1. The van der Waals surface area contributed by atoms with E-state index in [1.165, 1.54) is 51.4 Å². The van der Waals surface area contributed by atoms with Crippen LogP contribution in [0.2, 0.25) is 0 Å². The zero-order valence-corrected chi connectivity index (χ0v) is 11.7. The van der Waals surface area contributed by atoms with Crippen molar-refractivity contribution in [1.29, 1.82) is 0 Å². The van der Waals surface area contributed by atoms with E-state index in [-0.39, 0.29) is 6.04 Å². The van der Waals surface area contributed by atoms with Gasteiger partial charge in [-0.1, -0.05) is 43.7 Å². The average Bonchev–Trinajstić information content (AvgIpc) is 2.75. The fourth-order valence-corrected chi connectivity index (χ4v) is 3.57. The normalized spacial score (nSPS) is 30.2. The van der Waals surface area contributed by atoms with Gasteiger partial charge in [-0.25, -0.2) is 0 Å². The lowest BCUT2D eigenvalue weighted by Crippen LogP contribution is -2.31. The number of nitrogens with two attached hydrogens (primary N) is 1. The Labute approximate surface area is 115 Å². The van der Waals surface area contributed by atoms with Crippen molar-refractivity contribution in [3.05, 3.63) is 11.7 Å². The molecular weight excluding hydrogens is 238 g/mol. The highest BCUT2D eigenvalue weighted by Gasteiger charge is 2.29. The molecule has 19 heavy (non-hydrogen) atoms. The highest BCUT2D eigenvalue weighted by molar-refractivity contribution is 5.03.